The molecule has 0 heterocycles. The van der Waals surface area contributed by atoms with Gasteiger partial charge in [0.15, 0.2) is 5.96 Å². The standard InChI is InChI=1S/C11H20N4O3/c1-7(2)8(16)15-11(3,9(17)18)5-4-6-14-10(12)13/h1,4-6H2,2-3H3,(H,15,16)(H,17,18)(H4,12,13,14). The third-order valence-electron chi connectivity index (χ3n) is 2.38. The molecular weight excluding hydrogens is 236 g/mol. The van der Waals surface area contributed by atoms with Gasteiger partial charge in [-0.1, -0.05) is 6.58 Å². The Bertz CT molecular complexity index is 374. The predicted molar refractivity (Wildman–Crippen MR) is 68.9 cm³/mol. The molecule has 0 aromatic heterocycles. The zero-order valence-corrected chi connectivity index (χ0v) is 10.7. The van der Waals surface area contributed by atoms with Gasteiger partial charge >= 0.3 is 5.97 Å². The van der Waals surface area contributed by atoms with Crippen molar-refractivity contribution in [1.29, 1.82) is 0 Å². The van der Waals surface area contributed by atoms with Crippen LogP contribution in [-0.2, 0) is 9.59 Å². The van der Waals surface area contributed by atoms with Gasteiger partial charge in [-0.25, -0.2) is 4.79 Å². The van der Waals surface area contributed by atoms with E-state index in [4.69, 9.17) is 16.6 Å². The first kappa shape index (κ1) is 16.0. The number of carbonyl (C=O) groups excluding carboxylic acids is 1. The van der Waals surface area contributed by atoms with Crippen molar-refractivity contribution < 1.29 is 14.7 Å². The molecule has 0 saturated heterocycles. The van der Waals surface area contributed by atoms with Crippen LogP contribution in [0, 0.1) is 0 Å². The number of carboxylic acids is 1. The molecule has 0 aliphatic heterocycles. The van der Waals surface area contributed by atoms with Gasteiger partial charge in [-0.05, 0) is 26.7 Å². The largest absolute Gasteiger partial charge is 0.480 e. The van der Waals surface area contributed by atoms with E-state index in [1.807, 2.05) is 0 Å². The molecule has 0 aliphatic carbocycles. The lowest BCUT2D eigenvalue weighted by molar-refractivity contribution is -0.146. The summed E-state index contributed by atoms with van der Waals surface area (Å²) in [5.74, 6) is -1.64. The summed E-state index contributed by atoms with van der Waals surface area (Å²) in [5.41, 5.74) is 9.21. The second kappa shape index (κ2) is 6.63. The summed E-state index contributed by atoms with van der Waals surface area (Å²) in [5, 5.41) is 11.6. The van der Waals surface area contributed by atoms with E-state index in [1.165, 1.54) is 13.8 Å². The number of rotatable bonds is 7. The van der Waals surface area contributed by atoms with E-state index in [0.717, 1.165) is 0 Å². The molecule has 7 nitrogen and oxygen atoms in total. The van der Waals surface area contributed by atoms with Crippen LogP contribution in [0.3, 0.4) is 0 Å². The predicted octanol–water partition coefficient (Wildman–Crippen LogP) is -0.424. The van der Waals surface area contributed by atoms with Crippen LogP contribution in [0.5, 0.6) is 0 Å². The number of carboxylic acid groups (broad SMARTS) is 1. The van der Waals surface area contributed by atoms with Crippen molar-refractivity contribution in [3.8, 4) is 0 Å². The van der Waals surface area contributed by atoms with Crippen molar-refractivity contribution >= 4 is 17.8 Å². The van der Waals surface area contributed by atoms with Gasteiger partial charge in [-0.15, -0.1) is 0 Å². The smallest absolute Gasteiger partial charge is 0.329 e. The molecule has 1 unspecified atom stereocenters. The zero-order chi connectivity index (χ0) is 14.3. The highest BCUT2D eigenvalue weighted by Crippen LogP contribution is 2.13. The molecule has 0 saturated carbocycles. The summed E-state index contributed by atoms with van der Waals surface area (Å²) in [4.78, 5) is 26.4. The number of guanidine groups is 1. The van der Waals surface area contributed by atoms with Gasteiger partial charge in [0.1, 0.15) is 5.54 Å². The number of aliphatic imine (C=N–C) groups is 1. The Morgan fingerprint density at radius 1 is 1.44 bits per heavy atom. The summed E-state index contributed by atoms with van der Waals surface area (Å²) in [6.07, 6.45) is 0.662. The van der Waals surface area contributed by atoms with Gasteiger partial charge in [-0.2, -0.15) is 0 Å². The van der Waals surface area contributed by atoms with E-state index in [9.17, 15) is 9.59 Å². The number of nitrogens with one attached hydrogen (secondary N) is 1. The van der Waals surface area contributed by atoms with Crippen LogP contribution >= 0.6 is 0 Å². The molecule has 0 rings (SSSR count). The molecule has 1 atom stereocenters. The minimum absolute atomic E-state index is 0.0435. The maximum atomic E-state index is 11.5. The number of hydrogen-bond donors (Lipinski definition) is 4. The average Bonchev–Trinajstić information content (AvgIpc) is 2.23. The van der Waals surface area contributed by atoms with E-state index in [0.29, 0.717) is 13.0 Å². The van der Waals surface area contributed by atoms with Crippen LogP contribution in [0.15, 0.2) is 17.1 Å². The number of aliphatic carboxylic acids is 1. The first-order valence-corrected chi connectivity index (χ1v) is 5.46. The van der Waals surface area contributed by atoms with Crippen molar-refractivity contribution in [3.63, 3.8) is 0 Å². The first-order valence-electron chi connectivity index (χ1n) is 5.46. The molecule has 0 fully saturated rings. The highest BCUT2D eigenvalue weighted by atomic mass is 16.4. The van der Waals surface area contributed by atoms with Crippen LogP contribution in [-0.4, -0.2) is 35.0 Å². The van der Waals surface area contributed by atoms with Crippen molar-refractivity contribution in [1.82, 2.24) is 5.32 Å². The highest BCUT2D eigenvalue weighted by Gasteiger charge is 2.34. The second-order valence-corrected chi connectivity index (χ2v) is 4.28. The van der Waals surface area contributed by atoms with Crippen LogP contribution in [0.2, 0.25) is 0 Å². The van der Waals surface area contributed by atoms with E-state index in [1.54, 1.807) is 0 Å². The third kappa shape index (κ3) is 5.33. The Morgan fingerprint density at radius 3 is 2.39 bits per heavy atom. The molecule has 0 aromatic rings. The summed E-state index contributed by atoms with van der Waals surface area (Å²) in [7, 11) is 0. The van der Waals surface area contributed by atoms with E-state index < -0.39 is 17.4 Å². The molecule has 0 spiro atoms. The third-order valence-corrected chi connectivity index (χ3v) is 2.38. The summed E-state index contributed by atoms with van der Waals surface area (Å²) in [6, 6.07) is 0. The molecule has 6 N–H and O–H groups in total. The molecular formula is C11H20N4O3. The fourth-order valence-electron chi connectivity index (χ4n) is 1.22. The summed E-state index contributed by atoms with van der Waals surface area (Å²) < 4.78 is 0. The van der Waals surface area contributed by atoms with Crippen LogP contribution in [0.1, 0.15) is 26.7 Å². The Balaban J connectivity index is 4.54. The number of hydrogen-bond acceptors (Lipinski definition) is 3. The summed E-state index contributed by atoms with van der Waals surface area (Å²) >= 11 is 0. The van der Waals surface area contributed by atoms with Crippen molar-refractivity contribution in [2.24, 2.45) is 16.5 Å². The lowest BCUT2D eigenvalue weighted by Gasteiger charge is -2.26. The lowest BCUT2D eigenvalue weighted by atomic mass is 9.95. The maximum Gasteiger partial charge on any atom is 0.329 e. The van der Waals surface area contributed by atoms with Gasteiger partial charge in [0.2, 0.25) is 5.91 Å². The fourth-order valence-corrected chi connectivity index (χ4v) is 1.22. The monoisotopic (exact) mass is 256 g/mol. The number of carbonyl (C=O) groups is 2. The molecule has 102 valence electrons. The SMILES string of the molecule is C=C(C)C(=O)NC(C)(CCCN=C(N)N)C(=O)O. The Labute approximate surface area is 106 Å². The maximum absolute atomic E-state index is 11.5. The normalized spacial score (nSPS) is 13.2. The van der Waals surface area contributed by atoms with Crippen LogP contribution in [0.25, 0.3) is 0 Å². The molecule has 0 aliphatic rings. The van der Waals surface area contributed by atoms with E-state index in [2.05, 4.69) is 16.9 Å². The fraction of sp³-hybridized carbons (Fsp3) is 0.545. The molecule has 1 amide bonds. The van der Waals surface area contributed by atoms with Gasteiger partial charge in [0.05, 0.1) is 0 Å². The highest BCUT2D eigenvalue weighted by molar-refractivity contribution is 5.96. The topological polar surface area (TPSA) is 131 Å². The molecule has 0 radical (unpaired) electrons. The summed E-state index contributed by atoms with van der Waals surface area (Å²) in [6.45, 7) is 6.72. The Kier molecular flexibility index (Phi) is 5.87. The molecule has 0 aromatic carbocycles. The Morgan fingerprint density at radius 2 is 2.00 bits per heavy atom. The second-order valence-electron chi connectivity index (χ2n) is 4.28. The van der Waals surface area contributed by atoms with Crippen LogP contribution < -0.4 is 16.8 Å². The Hall–Kier alpha value is -2.05. The van der Waals surface area contributed by atoms with Gasteiger partial charge < -0.3 is 21.9 Å². The van der Waals surface area contributed by atoms with E-state index in [-0.39, 0.29) is 18.0 Å². The molecule has 7 heteroatoms. The number of nitrogens with zero attached hydrogens (tertiary/aromatic N) is 1. The van der Waals surface area contributed by atoms with Crippen molar-refractivity contribution in [2.75, 3.05) is 6.54 Å². The number of nitrogens with two attached hydrogens (primary N) is 2. The minimum atomic E-state index is -1.35. The van der Waals surface area contributed by atoms with E-state index >= 15 is 0 Å². The van der Waals surface area contributed by atoms with Crippen molar-refractivity contribution in [2.45, 2.75) is 32.2 Å². The van der Waals surface area contributed by atoms with Crippen molar-refractivity contribution in [3.05, 3.63) is 12.2 Å². The van der Waals surface area contributed by atoms with Gasteiger partial charge in [-0.3, -0.25) is 9.79 Å². The quantitative estimate of drug-likeness (QED) is 0.212. The molecule has 0 bridgehead atoms. The molecule has 18 heavy (non-hydrogen) atoms. The zero-order valence-electron chi connectivity index (χ0n) is 10.7. The van der Waals surface area contributed by atoms with Gasteiger partial charge in [0, 0.05) is 12.1 Å². The first-order chi connectivity index (χ1) is 8.19. The van der Waals surface area contributed by atoms with Gasteiger partial charge in [0.25, 0.3) is 0 Å². The van der Waals surface area contributed by atoms with Crippen LogP contribution in [0.4, 0.5) is 0 Å². The minimum Gasteiger partial charge on any atom is -0.480 e. The number of amides is 1. The lowest BCUT2D eigenvalue weighted by Crippen LogP contribution is -2.52. The average molecular weight is 256 g/mol.